The monoisotopic (exact) mass is 285 g/mol. The van der Waals surface area contributed by atoms with Gasteiger partial charge in [-0.05, 0) is 25.0 Å². The number of hydrogen-bond donors (Lipinski definition) is 1. The molecule has 5 heteroatoms. The molecule has 1 amide bonds. The fourth-order valence-electron chi connectivity index (χ4n) is 3.03. The van der Waals surface area contributed by atoms with Gasteiger partial charge in [0.1, 0.15) is 5.82 Å². The van der Waals surface area contributed by atoms with Crippen LogP contribution in [0.25, 0.3) is 0 Å². The average molecular weight is 285 g/mol. The van der Waals surface area contributed by atoms with Crippen molar-refractivity contribution < 1.29 is 9.18 Å². The summed E-state index contributed by atoms with van der Waals surface area (Å²) >= 11 is 0. The van der Waals surface area contributed by atoms with Gasteiger partial charge in [0.25, 0.3) is 0 Å². The zero-order chi connectivity index (χ0) is 14.7. The minimum atomic E-state index is -0.815. The van der Waals surface area contributed by atoms with Gasteiger partial charge in [-0.15, -0.1) is 0 Å². The summed E-state index contributed by atoms with van der Waals surface area (Å²) in [5.74, 6) is -0.301. The van der Waals surface area contributed by atoms with Gasteiger partial charge in [-0.1, -0.05) is 31.0 Å². The van der Waals surface area contributed by atoms with Gasteiger partial charge >= 0.3 is 0 Å². The van der Waals surface area contributed by atoms with E-state index in [9.17, 15) is 9.18 Å². The Labute approximate surface area is 122 Å². The second-order valence-corrected chi connectivity index (χ2v) is 5.30. The third-order valence-electron chi connectivity index (χ3n) is 4.07. The summed E-state index contributed by atoms with van der Waals surface area (Å²) in [6, 6.07) is 8.19. The molecule has 1 aromatic heterocycles. The van der Waals surface area contributed by atoms with E-state index in [2.05, 4.69) is 15.3 Å². The van der Waals surface area contributed by atoms with Crippen molar-refractivity contribution in [3.05, 3.63) is 54.1 Å². The molecule has 1 fully saturated rings. The minimum absolute atomic E-state index is 0.226. The zero-order valence-electron chi connectivity index (χ0n) is 11.6. The molecule has 1 aliphatic carbocycles. The lowest BCUT2D eigenvalue weighted by Gasteiger charge is -2.28. The molecule has 4 nitrogen and oxygen atoms in total. The van der Waals surface area contributed by atoms with Gasteiger partial charge in [-0.25, -0.2) is 14.4 Å². The standard InChI is InChI=1S/C16H16FN3O/c17-13-7-2-1-6-12(13)16(8-3-4-9-16)14(21)20-15-18-10-5-11-19-15/h1-2,5-7,10-11H,3-4,8-9H2,(H,18,19,20,21). The summed E-state index contributed by atoms with van der Waals surface area (Å²) < 4.78 is 14.2. The lowest BCUT2D eigenvalue weighted by Crippen LogP contribution is -2.39. The second-order valence-electron chi connectivity index (χ2n) is 5.30. The Morgan fingerprint density at radius 1 is 1.10 bits per heavy atom. The highest BCUT2D eigenvalue weighted by Crippen LogP contribution is 2.42. The van der Waals surface area contributed by atoms with E-state index in [-0.39, 0.29) is 17.7 Å². The van der Waals surface area contributed by atoms with Gasteiger partial charge in [0.2, 0.25) is 11.9 Å². The highest BCUT2D eigenvalue weighted by atomic mass is 19.1. The van der Waals surface area contributed by atoms with E-state index in [4.69, 9.17) is 0 Å². The van der Waals surface area contributed by atoms with Gasteiger partial charge in [-0.2, -0.15) is 0 Å². The minimum Gasteiger partial charge on any atom is -0.294 e. The van der Waals surface area contributed by atoms with Crippen LogP contribution in [0.2, 0.25) is 0 Å². The van der Waals surface area contributed by atoms with Crippen LogP contribution in [0.1, 0.15) is 31.2 Å². The fraction of sp³-hybridized carbons (Fsp3) is 0.312. The van der Waals surface area contributed by atoms with Gasteiger partial charge in [-0.3, -0.25) is 10.1 Å². The van der Waals surface area contributed by atoms with Crippen molar-refractivity contribution in [3.8, 4) is 0 Å². The first-order valence-corrected chi connectivity index (χ1v) is 7.06. The van der Waals surface area contributed by atoms with Crippen LogP contribution in [0.5, 0.6) is 0 Å². The summed E-state index contributed by atoms with van der Waals surface area (Å²) in [6.07, 6.45) is 6.24. The Hall–Kier alpha value is -2.30. The van der Waals surface area contributed by atoms with Crippen LogP contribution >= 0.6 is 0 Å². The maximum Gasteiger partial charge on any atom is 0.237 e. The molecule has 0 radical (unpaired) electrons. The van der Waals surface area contributed by atoms with E-state index in [1.807, 2.05) is 0 Å². The Kier molecular flexibility index (Phi) is 3.64. The number of aromatic nitrogens is 2. The van der Waals surface area contributed by atoms with E-state index < -0.39 is 5.41 Å². The number of hydrogen-bond acceptors (Lipinski definition) is 3. The molecular weight excluding hydrogens is 269 g/mol. The molecule has 3 rings (SSSR count). The van der Waals surface area contributed by atoms with Crippen LogP contribution < -0.4 is 5.32 Å². The molecule has 0 saturated heterocycles. The Morgan fingerprint density at radius 3 is 2.43 bits per heavy atom. The van der Waals surface area contributed by atoms with Gasteiger partial charge in [0, 0.05) is 18.0 Å². The first-order chi connectivity index (χ1) is 10.2. The molecule has 1 N–H and O–H groups in total. The number of amides is 1. The van der Waals surface area contributed by atoms with Crippen molar-refractivity contribution in [1.29, 1.82) is 0 Å². The molecule has 108 valence electrons. The number of anilines is 1. The van der Waals surface area contributed by atoms with Crippen LogP contribution in [0.4, 0.5) is 10.3 Å². The molecule has 21 heavy (non-hydrogen) atoms. The maximum atomic E-state index is 14.2. The molecule has 1 heterocycles. The molecule has 0 spiro atoms. The molecule has 2 aromatic rings. The highest BCUT2D eigenvalue weighted by Gasteiger charge is 2.44. The average Bonchev–Trinajstić information content (AvgIpc) is 2.99. The first-order valence-electron chi connectivity index (χ1n) is 7.06. The topological polar surface area (TPSA) is 54.9 Å². The van der Waals surface area contributed by atoms with Crippen molar-refractivity contribution in [2.75, 3.05) is 5.32 Å². The van der Waals surface area contributed by atoms with Crippen LogP contribution in [-0.4, -0.2) is 15.9 Å². The molecule has 0 bridgehead atoms. The number of rotatable bonds is 3. The van der Waals surface area contributed by atoms with Gasteiger partial charge in [0.05, 0.1) is 5.41 Å². The number of nitrogens with zero attached hydrogens (tertiary/aromatic N) is 2. The van der Waals surface area contributed by atoms with Gasteiger partial charge in [0.15, 0.2) is 0 Å². The predicted molar refractivity (Wildman–Crippen MR) is 77.2 cm³/mol. The SMILES string of the molecule is O=C(Nc1ncccn1)C1(c2ccccc2F)CCCC1. The summed E-state index contributed by atoms with van der Waals surface area (Å²) in [6.45, 7) is 0. The highest BCUT2D eigenvalue weighted by molar-refractivity contribution is 5.98. The molecule has 0 aliphatic heterocycles. The largest absolute Gasteiger partial charge is 0.294 e. The van der Waals surface area contributed by atoms with Crippen molar-refractivity contribution in [3.63, 3.8) is 0 Å². The second kappa shape index (κ2) is 5.60. The molecule has 1 aliphatic rings. The summed E-state index contributed by atoms with van der Waals surface area (Å²) in [5, 5.41) is 2.72. The summed E-state index contributed by atoms with van der Waals surface area (Å²) in [4.78, 5) is 20.7. The van der Waals surface area contributed by atoms with Crippen molar-refractivity contribution in [2.24, 2.45) is 0 Å². The van der Waals surface area contributed by atoms with Gasteiger partial charge < -0.3 is 0 Å². The fourth-order valence-corrected chi connectivity index (χ4v) is 3.03. The lowest BCUT2D eigenvalue weighted by atomic mass is 9.77. The number of carbonyl (C=O) groups excluding carboxylic acids is 1. The van der Waals surface area contributed by atoms with Crippen LogP contribution in [0.15, 0.2) is 42.7 Å². The maximum absolute atomic E-state index is 14.2. The van der Waals surface area contributed by atoms with E-state index in [0.717, 1.165) is 12.8 Å². The Bertz CT molecular complexity index is 639. The smallest absolute Gasteiger partial charge is 0.237 e. The van der Waals surface area contributed by atoms with Crippen LogP contribution in [0.3, 0.4) is 0 Å². The normalized spacial score (nSPS) is 16.6. The Morgan fingerprint density at radius 2 is 1.76 bits per heavy atom. The van der Waals surface area contributed by atoms with E-state index >= 15 is 0 Å². The first kappa shape index (κ1) is 13.7. The van der Waals surface area contributed by atoms with Crippen molar-refractivity contribution >= 4 is 11.9 Å². The third kappa shape index (κ3) is 2.51. The third-order valence-corrected chi connectivity index (χ3v) is 4.07. The quantitative estimate of drug-likeness (QED) is 0.943. The predicted octanol–water partition coefficient (Wildman–Crippen LogP) is 3.07. The van der Waals surface area contributed by atoms with Crippen LogP contribution in [0, 0.1) is 5.82 Å². The van der Waals surface area contributed by atoms with E-state index in [1.165, 1.54) is 6.07 Å². The van der Waals surface area contributed by atoms with E-state index in [1.54, 1.807) is 36.7 Å². The lowest BCUT2D eigenvalue weighted by molar-refractivity contribution is -0.121. The molecule has 0 atom stereocenters. The zero-order valence-corrected chi connectivity index (χ0v) is 11.6. The molecular formula is C16H16FN3O. The summed E-state index contributed by atoms with van der Waals surface area (Å²) in [5.41, 5.74) is -0.346. The van der Waals surface area contributed by atoms with E-state index in [0.29, 0.717) is 18.4 Å². The Balaban J connectivity index is 1.95. The van der Waals surface area contributed by atoms with Crippen molar-refractivity contribution in [1.82, 2.24) is 9.97 Å². The number of benzene rings is 1. The molecule has 1 saturated carbocycles. The summed E-state index contributed by atoms with van der Waals surface area (Å²) in [7, 11) is 0. The number of carbonyl (C=O) groups is 1. The number of nitrogens with one attached hydrogen (secondary N) is 1. The number of halogens is 1. The molecule has 1 aromatic carbocycles. The molecule has 0 unspecified atom stereocenters. The van der Waals surface area contributed by atoms with Crippen LogP contribution in [-0.2, 0) is 10.2 Å². The van der Waals surface area contributed by atoms with Crippen molar-refractivity contribution in [2.45, 2.75) is 31.1 Å².